The lowest BCUT2D eigenvalue weighted by Crippen LogP contribution is -2.18. The van der Waals surface area contributed by atoms with Crippen LogP contribution in [-0.4, -0.2) is 0 Å². The van der Waals surface area contributed by atoms with Crippen LogP contribution < -0.4 is 11.1 Å². The van der Waals surface area contributed by atoms with Crippen LogP contribution in [0.25, 0.3) is 0 Å². The van der Waals surface area contributed by atoms with Gasteiger partial charge in [0.05, 0.1) is 0 Å². The molecule has 0 spiro atoms. The number of nitrogen functional groups attached to an aromatic ring is 1. The van der Waals surface area contributed by atoms with Crippen molar-refractivity contribution in [2.45, 2.75) is 25.4 Å². The zero-order valence-electron chi connectivity index (χ0n) is 10.7. The summed E-state index contributed by atoms with van der Waals surface area (Å²) in [7, 11) is 0. The maximum absolute atomic E-state index is 13.1. The Kier molecular flexibility index (Phi) is 3.22. The third-order valence-corrected chi connectivity index (χ3v) is 3.69. The summed E-state index contributed by atoms with van der Waals surface area (Å²) in [6, 6.07) is 13.2. The van der Waals surface area contributed by atoms with Gasteiger partial charge in [0.15, 0.2) is 0 Å². The van der Waals surface area contributed by atoms with E-state index in [2.05, 4.69) is 17.4 Å². The third kappa shape index (κ3) is 2.61. The number of hydrogen-bond donors (Lipinski definition) is 2. The number of benzene rings is 2. The minimum absolute atomic E-state index is 0.182. The van der Waals surface area contributed by atoms with Crippen LogP contribution in [0.5, 0.6) is 0 Å². The van der Waals surface area contributed by atoms with Gasteiger partial charge < -0.3 is 11.1 Å². The third-order valence-electron chi connectivity index (χ3n) is 3.69. The summed E-state index contributed by atoms with van der Waals surface area (Å²) >= 11 is 0. The molecule has 0 aromatic heterocycles. The average molecular weight is 256 g/mol. The van der Waals surface area contributed by atoms with Crippen molar-refractivity contribution in [3.63, 3.8) is 0 Å². The molecule has 1 atom stereocenters. The van der Waals surface area contributed by atoms with Crippen LogP contribution in [0.4, 0.5) is 10.1 Å². The molecule has 2 aromatic rings. The lowest BCUT2D eigenvalue weighted by Gasteiger charge is -2.14. The molecular weight excluding hydrogens is 239 g/mol. The summed E-state index contributed by atoms with van der Waals surface area (Å²) in [6.07, 6.45) is 2.13. The zero-order chi connectivity index (χ0) is 13.2. The Morgan fingerprint density at radius 1 is 1.21 bits per heavy atom. The molecule has 1 aliphatic carbocycles. The van der Waals surface area contributed by atoms with Gasteiger partial charge in [0, 0.05) is 18.3 Å². The highest BCUT2D eigenvalue weighted by molar-refractivity contribution is 5.47. The van der Waals surface area contributed by atoms with E-state index in [9.17, 15) is 4.39 Å². The summed E-state index contributed by atoms with van der Waals surface area (Å²) in [6.45, 7) is 0.687. The van der Waals surface area contributed by atoms with Crippen molar-refractivity contribution in [3.8, 4) is 0 Å². The number of anilines is 1. The molecule has 3 heteroatoms. The fourth-order valence-corrected chi connectivity index (χ4v) is 2.74. The lowest BCUT2D eigenvalue weighted by atomic mass is 10.1. The molecule has 98 valence electrons. The summed E-state index contributed by atoms with van der Waals surface area (Å²) in [5.74, 6) is -0.182. The van der Waals surface area contributed by atoms with E-state index in [0.717, 1.165) is 24.1 Å². The minimum atomic E-state index is -0.182. The Morgan fingerprint density at radius 3 is 2.95 bits per heavy atom. The van der Waals surface area contributed by atoms with Crippen molar-refractivity contribution >= 4 is 5.69 Å². The number of nitrogens with one attached hydrogen (secondary N) is 1. The van der Waals surface area contributed by atoms with Crippen LogP contribution in [0.15, 0.2) is 42.5 Å². The van der Waals surface area contributed by atoms with Crippen molar-refractivity contribution in [2.24, 2.45) is 0 Å². The van der Waals surface area contributed by atoms with Crippen molar-refractivity contribution in [3.05, 3.63) is 65.0 Å². The predicted molar refractivity (Wildman–Crippen MR) is 75.2 cm³/mol. The largest absolute Gasteiger partial charge is 0.399 e. The van der Waals surface area contributed by atoms with E-state index in [1.807, 2.05) is 12.1 Å². The molecule has 19 heavy (non-hydrogen) atoms. The quantitative estimate of drug-likeness (QED) is 0.828. The van der Waals surface area contributed by atoms with Gasteiger partial charge in [0.2, 0.25) is 0 Å². The Balaban J connectivity index is 1.70. The molecule has 0 heterocycles. The van der Waals surface area contributed by atoms with Crippen LogP contribution in [-0.2, 0) is 13.0 Å². The van der Waals surface area contributed by atoms with Gasteiger partial charge in [-0.15, -0.1) is 0 Å². The van der Waals surface area contributed by atoms with Crippen molar-refractivity contribution < 1.29 is 4.39 Å². The molecule has 1 unspecified atom stereocenters. The standard InChI is InChI=1S/C16H17FN2/c17-13-3-1-2-11(8-13)10-19-16-7-4-12-9-14(18)5-6-15(12)16/h1-3,5-6,8-9,16,19H,4,7,10,18H2. The number of nitrogens with two attached hydrogens (primary N) is 1. The smallest absolute Gasteiger partial charge is 0.123 e. The number of hydrogen-bond acceptors (Lipinski definition) is 2. The first kappa shape index (κ1) is 12.2. The van der Waals surface area contributed by atoms with Gasteiger partial charge in [-0.2, -0.15) is 0 Å². The van der Waals surface area contributed by atoms with Crippen LogP contribution >= 0.6 is 0 Å². The Hall–Kier alpha value is -1.87. The first-order chi connectivity index (χ1) is 9.22. The SMILES string of the molecule is Nc1ccc2c(c1)CCC2NCc1cccc(F)c1. The second-order valence-electron chi connectivity index (χ2n) is 5.06. The van der Waals surface area contributed by atoms with Crippen LogP contribution in [0.1, 0.15) is 29.2 Å². The second kappa shape index (κ2) is 5.02. The second-order valence-corrected chi connectivity index (χ2v) is 5.06. The van der Waals surface area contributed by atoms with Crippen molar-refractivity contribution in [1.29, 1.82) is 0 Å². The lowest BCUT2D eigenvalue weighted by molar-refractivity contribution is 0.528. The van der Waals surface area contributed by atoms with Crippen LogP contribution in [0.3, 0.4) is 0 Å². The first-order valence-corrected chi connectivity index (χ1v) is 6.58. The van der Waals surface area contributed by atoms with E-state index >= 15 is 0 Å². The highest BCUT2D eigenvalue weighted by Gasteiger charge is 2.21. The Labute approximate surface area is 112 Å². The van der Waals surface area contributed by atoms with Crippen molar-refractivity contribution in [1.82, 2.24) is 5.32 Å². The fraction of sp³-hybridized carbons (Fsp3) is 0.250. The molecule has 0 aliphatic heterocycles. The van der Waals surface area contributed by atoms with Gasteiger partial charge in [0.25, 0.3) is 0 Å². The maximum Gasteiger partial charge on any atom is 0.123 e. The van der Waals surface area contributed by atoms with Gasteiger partial charge >= 0.3 is 0 Å². The van der Waals surface area contributed by atoms with Crippen LogP contribution in [0.2, 0.25) is 0 Å². The van der Waals surface area contributed by atoms with Crippen molar-refractivity contribution in [2.75, 3.05) is 5.73 Å². The Morgan fingerprint density at radius 2 is 2.11 bits per heavy atom. The molecule has 0 bridgehead atoms. The van der Waals surface area contributed by atoms with E-state index in [4.69, 9.17) is 5.73 Å². The minimum Gasteiger partial charge on any atom is -0.399 e. The molecule has 0 fully saturated rings. The predicted octanol–water partition coefficient (Wildman–Crippen LogP) is 3.19. The van der Waals surface area contributed by atoms with Gasteiger partial charge in [0.1, 0.15) is 5.82 Å². The number of fused-ring (bicyclic) bond motifs is 1. The molecule has 0 radical (unpaired) electrons. The summed E-state index contributed by atoms with van der Waals surface area (Å²) < 4.78 is 13.1. The van der Waals surface area contributed by atoms with E-state index in [1.54, 1.807) is 12.1 Å². The maximum atomic E-state index is 13.1. The monoisotopic (exact) mass is 256 g/mol. The topological polar surface area (TPSA) is 38.0 Å². The molecule has 1 aliphatic rings. The molecular formula is C16H17FN2. The number of aryl methyl sites for hydroxylation is 1. The normalized spacial score (nSPS) is 17.4. The highest BCUT2D eigenvalue weighted by atomic mass is 19.1. The van der Waals surface area contributed by atoms with E-state index in [0.29, 0.717) is 12.6 Å². The van der Waals surface area contributed by atoms with Gasteiger partial charge in [-0.1, -0.05) is 18.2 Å². The molecule has 0 saturated heterocycles. The number of halogens is 1. The fourth-order valence-electron chi connectivity index (χ4n) is 2.74. The van der Waals surface area contributed by atoms with Gasteiger partial charge in [-0.25, -0.2) is 4.39 Å². The molecule has 2 nitrogen and oxygen atoms in total. The summed E-state index contributed by atoms with van der Waals surface area (Å²) in [5.41, 5.74) is 10.3. The van der Waals surface area contributed by atoms with E-state index in [1.165, 1.54) is 17.2 Å². The molecule has 2 aromatic carbocycles. The van der Waals surface area contributed by atoms with E-state index < -0.39 is 0 Å². The van der Waals surface area contributed by atoms with Gasteiger partial charge in [-0.3, -0.25) is 0 Å². The molecule has 3 N–H and O–H groups in total. The molecule has 3 rings (SSSR count). The molecule has 0 saturated carbocycles. The highest BCUT2D eigenvalue weighted by Crippen LogP contribution is 2.32. The summed E-state index contributed by atoms with van der Waals surface area (Å²) in [4.78, 5) is 0. The molecule has 0 amide bonds. The van der Waals surface area contributed by atoms with Crippen LogP contribution in [0, 0.1) is 5.82 Å². The Bertz CT molecular complexity index is 595. The number of rotatable bonds is 3. The van der Waals surface area contributed by atoms with E-state index in [-0.39, 0.29) is 5.82 Å². The summed E-state index contributed by atoms with van der Waals surface area (Å²) in [5, 5.41) is 3.49. The zero-order valence-corrected chi connectivity index (χ0v) is 10.7. The average Bonchev–Trinajstić information content (AvgIpc) is 2.78. The van der Waals surface area contributed by atoms with Gasteiger partial charge in [-0.05, 0) is 53.8 Å². The first-order valence-electron chi connectivity index (χ1n) is 6.58.